The van der Waals surface area contributed by atoms with Crippen molar-refractivity contribution in [2.24, 2.45) is 0 Å². The molecule has 1 aromatic heterocycles. The average molecular weight is 504 g/mol. The highest BCUT2D eigenvalue weighted by atomic mass is 35.5. The number of fused-ring (bicyclic) bond motifs is 1. The SMILES string of the molecule is CC(C)N1c2c(cc(C(=O)Nc3ccc(OC(F)(F)Cl)cc3)cc2-c2ccn[nH]2)CC1CN(C)C. The maximum Gasteiger partial charge on any atom is 0.487 e. The number of aromatic amines is 1. The minimum absolute atomic E-state index is 0.109. The van der Waals surface area contributed by atoms with Crippen LogP contribution in [-0.2, 0) is 6.42 Å². The van der Waals surface area contributed by atoms with Crippen LogP contribution in [0.4, 0.5) is 20.2 Å². The Bertz CT molecular complexity index is 1180. The normalized spacial score (nSPS) is 15.6. The first-order valence-electron chi connectivity index (χ1n) is 11.3. The molecule has 0 spiro atoms. The van der Waals surface area contributed by atoms with Gasteiger partial charge in [-0.15, -0.1) is 8.78 Å². The van der Waals surface area contributed by atoms with E-state index in [4.69, 9.17) is 11.6 Å². The zero-order valence-electron chi connectivity index (χ0n) is 20.0. The number of H-pyrrole nitrogens is 1. The predicted molar refractivity (Wildman–Crippen MR) is 134 cm³/mol. The van der Waals surface area contributed by atoms with E-state index < -0.39 is 5.57 Å². The summed E-state index contributed by atoms with van der Waals surface area (Å²) in [7, 11) is 4.11. The lowest BCUT2D eigenvalue weighted by Gasteiger charge is -2.34. The smallest absolute Gasteiger partial charge is 0.420 e. The third-order valence-corrected chi connectivity index (χ3v) is 5.90. The van der Waals surface area contributed by atoms with E-state index >= 15 is 0 Å². The molecule has 2 aromatic carbocycles. The fraction of sp³-hybridized carbons (Fsp3) is 0.360. The lowest BCUT2D eigenvalue weighted by Crippen LogP contribution is -2.43. The van der Waals surface area contributed by atoms with E-state index in [-0.39, 0.29) is 23.7 Å². The number of hydrogen-bond donors (Lipinski definition) is 2. The first-order chi connectivity index (χ1) is 16.5. The zero-order valence-corrected chi connectivity index (χ0v) is 20.7. The number of ether oxygens (including phenoxy) is 1. The molecule has 186 valence electrons. The summed E-state index contributed by atoms with van der Waals surface area (Å²) in [5.74, 6) is -0.417. The second-order valence-corrected chi connectivity index (χ2v) is 9.59. The van der Waals surface area contributed by atoms with Gasteiger partial charge in [-0.3, -0.25) is 9.89 Å². The molecule has 7 nitrogen and oxygen atoms in total. The summed E-state index contributed by atoms with van der Waals surface area (Å²) in [5, 5.41) is 9.97. The summed E-state index contributed by atoms with van der Waals surface area (Å²) in [6, 6.07) is 11.8. The van der Waals surface area contributed by atoms with Crippen molar-refractivity contribution in [2.75, 3.05) is 30.9 Å². The van der Waals surface area contributed by atoms with Crippen molar-refractivity contribution in [3.63, 3.8) is 0 Å². The molecular weight excluding hydrogens is 476 g/mol. The molecule has 0 saturated heterocycles. The highest BCUT2D eigenvalue weighted by molar-refractivity contribution is 6.20. The molecule has 1 amide bonds. The number of hydrogen-bond acceptors (Lipinski definition) is 5. The standard InChI is InChI=1S/C25H28ClF2N5O2/c1-15(2)33-19(14-32(3)4)12-16-11-17(13-21(23(16)33)22-9-10-29-31-22)24(34)30-18-5-7-20(8-6-18)35-25(26,27)28/h5-11,13,15,19H,12,14H2,1-4H3,(H,29,31)(H,30,34). The van der Waals surface area contributed by atoms with E-state index in [0.717, 1.165) is 35.5 Å². The Morgan fingerprint density at radius 2 is 2.00 bits per heavy atom. The van der Waals surface area contributed by atoms with Crippen molar-refractivity contribution in [1.29, 1.82) is 0 Å². The molecule has 2 N–H and O–H groups in total. The van der Waals surface area contributed by atoms with Crippen molar-refractivity contribution in [3.05, 3.63) is 59.8 Å². The van der Waals surface area contributed by atoms with Gasteiger partial charge in [-0.25, -0.2) is 0 Å². The molecule has 4 rings (SSSR count). The third-order valence-electron chi connectivity index (χ3n) is 5.83. The number of alkyl halides is 3. The topological polar surface area (TPSA) is 73.5 Å². The number of amides is 1. The lowest BCUT2D eigenvalue weighted by molar-refractivity contribution is -0.0964. The molecule has 2 heterocycles. The second-order valence-electron chi connectivity index (χ2n) is 9.15. The Labute approximate surface area is 208 Å². The number of halogens is 3. The fourth-order valence-electron chi connectivity index (χ4n) is 4.63. The molecule has 1 atom stereocenters. The van der Waals surface area contributed by atoms with Gasteiger partial charge in [0.1, 0.15) is 5.75 Å². The zero-order chi connectivity index (χ0) is 25.3. The van der Waals surface area contributed by atoms with E-state index in [0.29, 0.717) is 11.3 Å². The first-order valence-corrected chi connectivity index (χ1v) is 11.7. The first kappa shape index (κ1) is 24.9. The van der Waals surface area contributed by atoms with Gasteiger partial charge in [-0.1, -0.05) is 0 Å². The van der Waals surface area contributed by atoms with Crippen LogP contribution < -0.4 is 15.0 Å². The molecule has 3 aromatic rings. The van der Waals surface area contributed by atoms with Crippen molar-refractivity contribution in [2.45, 2.75) is 37.9 Å². The summed E-state index contributed by atoms with van der Waals surface area (Å²) >= 11 is 4.80. The molecule has 10 heteroatoms. The summed E-state index contributed by atoms with van der Waals surface area (Å²) < 4.78 is 30.0. The number of likely N-dealkylation sites (N-methyl/N-ethyl adjacent to an activating group) is 1. The van der Waals surface area contributed by atoms with Crippen LogP contribution in [0.1, 0.15) is 29.8 Å². The Morgan fingerprint density at radius 1 is 1.29 bits per heavy atom. The molecule has 0 bridgehead atoms. The van der Waals surface area contributed by atoms with Crippen molar-refractivity contribution >= 4 is 28.9 Å². The molecule has 35 heavy (non-hydrogen) atoms. The average Bonchev–Trinajstić information content (AvgIpc) is 3.40. The van der Waals surface area contributed by atoms with Crippen LogP contribution in [0.15, 0.2) is 48.7 Å². The number of carbonyl (C=O) groups is 1. The third kappa shape index (κ3) is 5.74. The van der Waals surface area contributed by atoms with Gasteiger partial charge in [0, 0.05) is 53.2 Å². The summed E-state index contributed by atoms with van der Waals surface area (Å²) in [6.45, 7) is 5.22. The van der Waals surface area contributed by atoms with E-state index in [1.54, 1.807) is 6.20 Å². The Hall–Kier alpha value is -3.17. The van der Waals surface area contributed by atoms with Crippen molar-refractivity contribution in [3.8, 4) is 17.0 Å². The van der Waals surface area contributed by atoms with E-state index in [1.807, 2.05) is 18.2 Å². The Morgan fingerprint density at radius 3 is 2.57 bits per heavy atom. The van der Waals surface area contributed by atoms with Crippen LogP contribution in [0, 0.1) is 0 Å². The molecule has 0 aliphatic carbocycles. The number of carbonyl (C=O) groups excluding carboxylic acids is 1. The van der Waals surface area contributed by atoms with Gasteiger partial charge in [-0.2, -0.15) is 5.10 Å². The quantitative estimate of drug-likeness (QED) is 0.413. The highest BCUT2D eigenvalue weighted by Gasteiger charge is 2.35. The van der Waals surface area contributed by atoms with E-state index in [2.05, 4.69) is 58.0 Å². The number of rotatable bonds is 8. The lowest BCUT2D eigenvalue weighted by atomic mass is 9.99. The van der Waals surface area contributed by atoms with Gasteiger partial charge >= 0.3 is 5.57 Å². The van der Waals surface area contributed by atoms with Gasteiger partial charge in [0.15, 0.2) is 0 Å². The highest BCUT2D eigenvalue weighted by Crippen LogP contribution is 2.42. The predicted octanol–water partition coefficient (Wildman–Crippen LogP) is 5.20. The molecular formula is C25H28ClF2N5O2. The van der Waals surface area contributed by atoms with Crippen LogP contribution in [-0.4, -0.2) is 59.3 Å². The molecule has 1 unspecified atom stereocenters. The van der Waals surface area contributed by atoms with Crippen molar-refractivity contribution in [1.82, 2.24) is 15.1 Å². The van der Waals surface area contributed by atoms with E-state index in [9.17, 15) is 13.6 Å². The monoisotopic (exact) mass is 503 g/mol. The number of nitrogens with one attached hydrogen (secondary N) is 2. The summed E-state index contributed by atoms with van der Waals surface area (Å²) in [6.07, 6.45) is 2.50. The van der Waals surface area contributed by atoms with Crippen molar-refractivity contribution < 1.29 is 18.3 Å². The van der Waals surface area contributed by atoms with Gasteiger partial charge in [0.25, 0.3) is 5.91 Å². The van der Waals surface area contributed by atoms with Gasteiger partial charge in [0.05, 0.1) is 11.4 Å². The van der Waals surface area contributed by atoms with Gasteiger partial charge < -0.3 is 19.9 Å². The van der Waals surface area contributed by atoms with E-state index in [1.165, 1.54) is 24.3 Å². The van der Waals surface area contributed by atoms with Crippen LogP contribution >= 0.6 is 11.6 Å². The Kier molecular flexibility index (Phi) is 7.00. The summed E-state index contributed by atoms with van der Waals surface area (Å²) in [4.78, 5) is 17.8. The van der Waals surface area contributed by atoms with Gasteiger partial charge in [0.2, 0.25) is 0 Å². The molecule has 1 aliphatic heterocycles. The minimum atomic E-state index is -3.80. The van der Waals surface area contributed by atoms with Crippen LogP contribution in [0.3, 0.4) is 0 Å². The van der Waals surface area contributed by atoms with Crippen LogP contribution in [0.5, 0.6) is 5.75 Å². The van der Waals surface area contributed by atoms with Crippen LogP contribution in [0.2, 0.25) is 0 Å². The minimum Gasteiger partial charge on any atom is -0.420 e. The molecule has 1 aliphatic rings. The maximum atomic E-state index is 13.2. The molecule has 0 radical (unpaired) electrons. The molecule has 0 fully saturated rings. The number of anilines is 2. The maximum absolute atomic E-state index is 13.2. The summed E-state index contributed by atoms with van der Waals surface area (Å²) in [5.41, 5.74) is 1.08. The fourth-order valence-corrected chi connectivity index (χ4v) is 4.72. The largest absolute Gasteiger partial charge is 0.487 e. The van der Waals surface area contributed by atoms with Crippen LogP contribution in [0.25, 0.3) is 11.3 Å². The molecule has 0 saturated carbocycles. The number of aromatic nitrogens is 2. The number of benzene rings is 2. The van der Waals surface area contributed by atoms with Gasteiger partial charge in [-0.05, 0) is 82.4 Å². The Balaban J connectivity index is 1.66. The second kappa shape index (κ2) is 9.83. The number of nitrogens with zero attached hydrogens (tertiary/aromatic N) is 3.